The number of rotatable bonds is 5. The smallest absolute Gasteiger partial charge is 0.273 e. The van der Waals surface area contributed by atoms with Crippen molar-refractivity contribution in [2.45, 2.75) is 38.0 Å². The second-order valence-corrected chi connectivity index (χ2v) is 5.86. The molecule has 1 aromatic carbocycles. The zero-order valence-corrected chi connectivity index (χ0v) is 12.6. The van der Waals surface area contributed by atoms with Gasteiger partial charge in [0.05, 0.1) is 10.8 Å². The molecule has 5 heteroatoms. The molecule has 0 aromatic heterocycles. The topological polar surface area (TPSA) is 46.4 Å². The van der Waals surface area contributed by atoms with Crippen molar-refractivity contribution in [3.05, 3.63) is 33.9 Å². The van der Waals surface area contributed by atoms with Gasteiger partial charge in [0.1, 0.15) is 0 Å². The summed E-state index contributed by atoms with van der Waals surface area (Å²) in [5.41, 5.74) is 1.70. The summed E-state index contributed by atoms with van der Waals surface area (Å²) in [4.78, 5) is 12.7. The third-order valence-electron chi connectivity index (χ3n) is 4.10. The SMILES string of the molecule is CN(CC1CCCCC1)c1ccc([N+](=O)[O-])c(CCl)c1. The van der Waals surface area contributed by atoms with E-state index in [1.165, 1.54) is 32.1 Å². The third kappa shape index (κ3) is 3.63. The van der Waals surface area contributed by atoms with Crippen LogP contribution in [0, 0.1) is 16.0 Å². The first-order valence-electron chi connectivity index (χ1n) is 7.16. The molecule has 0 bridgehead atoms. The zero-order valence-electron chi connectivity index (χ0n) is 11.8. The van der Waals surface area contributed by atoms with E-state index in [1.807, 2.05) is 19.2 Å². The maximum atomic E-state index is 10.9. The number of hydrogen-bond donors (Lipinski definition) is 0. The summed E-state index contributed by atoms with van der Waals surface area (Å²) in [6.07, 6.45) is 6.59. The lowest BCUT2D eigenvalue weighted by Gasteiger charge is -2.28. The Balaban J connectivity index is 2.09. The van der Waals surface area contributed by atoms with Crippen LogP contribution >= 0.6 is 11.6 Å². The molecule has 0 unspecified atom stereocenters. The molecule has 1 aromatic rings. The minimum absolute atomic E-state index is 0.106. The van der Waals surface area contributed by atoms with Crippen molar-refractivity contribution in [1.29, 1.82) is 0 Å². The summed E-state index contributed by atoms with van der Waals surface area (Å²) in [6.45, 7) is 1.01. The minimum Gasteiger partial charge on any atom is -0.374 e. The van der Waals surface area contributed by atoms with Crippen molar-refractivity contribution in [2.24, 2.45) is 5.92 Å². The third-order valence-corrected chi connectivity index (χ3v) is 4.39. The number of anilines is 1. The number of nitro groups is 1. The van der Waals surface area contributed by atoms with Gasteiger partial charge in [-0.05, 0) is 30.9 Å². The van der Waals surface area contributed by atoms with Crippen LogP contribution in [-0.2, 0) is 5.88 Å². The Hall–Kier alpha value is -1.29. The number of halogens is 1. The van der Waals surface area contributed by atoms with E-state index in [9.17, 15) is 10.1 Å². The Morgan fingerprint density at radius 1 is 1.35 bits per heavy atom. The monoisotopic (exact) mass is 296 g/mol. The van der Waals surface area contributed by atoms with Crippen molar-refractivity contribution >= 4 is 23.0 Å². The number of alkyl halides is 1. The lowest BCUT2D eigenvalue weighted by molar-refractivity contribution is -0.385. The highest BCUT2D eigenvalue weighted by molar-refractivity contribution is 6.17. The van der Waals surface area contributed by atoms with Crippen LogP contribution in [0.15, 0.2) is 18.2 Å². The van der Waals surface area contributed by atoms with Crippen molar-refractivity contribution in [1.82, 2.24) is 0 Å². The first-order valence-corrected chi connectivity index (χ1v) is 7.69. The molecule has 0 saturated heterocycles. The van der Waals surface area contributed by atoms with Gasteiger partial charge in [-0.15, -0.1) is 11.6 Å². The van der Waals surface area contributed by atoms with Gasteiger partial charge in [0, 0.05) is 30.9 Å². The second-order valence-electron chi connectivity index (χ2n) is 5.59. The Kier molecular flexibility index (Phi) is 5.24. The maximum absolute atomic E-state index is 10.9. The normalized spacial score (nSPS) is 16.1. The fourth-order valence-electron chi connectivity index (χ4n) is 2.96. The molecular formula is C15H21ClN2O2. The quantitative estimate of drug-likeness (QED) is 0.461. The second kappa shape index (κ2) is 6.93. The van der Waals surface area contributed by atoms with Crippen molar-refractivity contribution in [2.75, 3.05) is 18.5 Å². The molecule has 20 heavy (non-hydrogen) atoms. The van der Waals surface area contributed by atoms with E-state index in [2.05, 4.69) is 4.90 Å². The average Bonchev–Trinajstić information content (AvgIpc) is 2.47. The van der Waals surface area contributed by atoms with Crippen LogP contribution < -0.4 is 4.90 Å². The molecule has 0 N–H and O–H groups in total. The van der Waals surface area contributed by atoms with Gasteiger partial charge in [-0.3, -0.25) is 10.1 Å². The zero-order chi connectivity index (χ0) is 14.5. The fraction of sp³-hybridized carbons (Fsp3) is 0.600. The fourth-order valence-corrected chi connectivity index (χ4v) is 3.17. The predicted molar refractivity (Wildman–Crippen MR) is 82.5 cm³/mol. The lowest BCUT2D eigenvalue weighted by atomic mass is 9.89. The highest BCUT2D eigenvalue weighted by atomic mass is 35.5. The molecule has 0 spiro atoms. The van der Waals surface area contributed by atoms with Gasteiger partial charge >= 0.3 is 0 Å². The number of nitro benzene ring substituents is 1. The molecule has 1 fully saturated rings. The molecule has 1 saturated carbocycles. The predicted octanol–water partition coefficient (Wildman–Crippen LogP) is 4.35. The summed E-state index contributed by atoms with van der Waals surface area (Å²) in [6, 6.07) is 5.22. The van der Waals surface area contributed by atoms with E-state index in [4.69, 9.17) is 11.6 Å². The number of hydrogen-bond acceptors (Lipinski definition) is 3. The van der Waals surface area contributed by atoms with Crippen LogP contribution in [0.5, 0.6) is 0 Å². The highest BCUT2D eigenvalue weighted by Gasteiger charge is 2.18. The Labute approximate surface area is 124 Å². The summed E-state index contributed by atoms with van der Waals surface area (Å²) < 4.78 is 0. The summed E-state index contributed by atoms with van der Waals surface area (Å²) >= 11 is 5.82. The Morgan fingerprint density at radius 3 is 2.65 bits per heavy atom. The van der Waals surface area contributed by atoms with Gasteiger partial charge in [-0.25, -0.2) is 0 Å². The van der Waals surface area contributed by atoms with Gasteiger partial charge < -0.3 is 4.90 Å². The standard InChI is InChI=1S/C15H21ClN2O2/c1-17(11-12-5-3-2-4-6-12)14-7-8-15(18(19)20)13(9-14)10-16/h7-9,12H,2-6,10-11H2,1H3. The largest absolute Gasteiger partial charge is 0.374 e. The van der Waals surface area contributed by atoms with Gasteiger partial charge in [-0.1, -0.05) is 19.3 Å². The number of benzene rings is 1. The molecule has 1 aliphatic rings. The summed E-state index contributed by atoms with van der Waals surface area (Å²) in [5.74, 6) is 0.907. The molecule has 4 nitrogen and oxygen atoms in total. The van der Waals surface area contributed by atoms with Crippen LogP contribution in [-0.4, -0.2) is 18.5 Å². The molecule has 0 atom stereocenters. The van der Waals surface area contributed by atoms with Crippen molar-refractivity contribution < 1.29 is 4.92 Å². The van der Waals surface area contributed by atoms with E-state index in [0.29, 0.717) is 5.56 Å². The average molecular weight is 297 g/mol. The van der Waals surface area contributed by atoms with Crippen LogP contribution in [0.4, 0.5) is 11.4 Å². The van der Waals surface area contributed by atoms with Crippen LogP contribution in [0.2, 0.25) is 0 Å². The van der Waals surface area contributed by atoms with E-state index >= 15 is 0 Å². The minimum atomic E-state index is -0.372. The first-order chi connectivity index (χ1) is 9.61. The maximum Gasteiger partial charge on any atom is 0.273 e. The van der Waals surface area contributed by atoms with Crippen LogP contribution in [0.1, 0.15) is 37.7 Å². The van der Waals surface area contributed by atoms with Crippen molar-refractivity contribution in [3.63, 3.8) is 0 Å². The van der Waals surface area contributed by atoms with Crippen LogP contribution in [0.25, 0.3) is 0 Å². The van der Waals surface area contributed by atoms with Gasteiger partial charge in [-0.2, -0.15) is 0 Å². The van der Waals surface area contributed by atoms with E-state index in [1.54, 1.807) is 6.07 Å². The molecule has 0 radical (unpaired) electrons. The molecule has 0 heterocycles. The molecule has 1 aliphatic carbocycles. The van der Waals surface area contributed by atoms with Crippen molar-refractivity contribution in [3.8, 4) is 0 Å². The van der Waals surface area contributed by atoms with E-state index in [-0.39, 0.29) is 16.5 Å². The summed E-state index contributed by atoms with van der Waals surface area (Å²) in [5, 5.41) is 10.9. The van der Waals surface area contributed by atoms with Gasteiger partial charge in [0.15, 0.2) is 0 Å². The molecule has 2 rings (SSSR count). The molecular weight excluding hydrogens is 276 g/mol. The van der Waals surface area contributed by atoms with E-state index in [0.717, 1.165) is 18.2 Å². The molecule has 110 valence electrons. The van der Waals surface area contributed by atoms with E-state index < -0.39 is 0 Å². The molecule has 0 amide bonds. The van der Waals surface area contributed by atoms with Gasteiger partial charge in [0.25, 0.3) is 5.69 Å². The summed E-state index contributed by atoms with van der Waals surface area (Å²) in [7, 11) is 2.05. The number of nitrogens with zero attached hydrogens (tertiary/aromatic N) is 2. The first kappa shape index (κ1) is 15.1. The van der Waals surface area contributed by atoms with Gasteiger partial charge in [0.2, 0.25) is 0 Å². The Morgan fingerprint density at radius 2 is 2.05 bits per heavy atom. The van der Waals surface area contributed by atoms with Crippen LogP contribution in [0.3, 0.4) is 0 Å². The highest BCUT2D eigenvalue weighted by Crippen LogP contribution is 2.29. The molecule has 0 aliphatic heterocycles. The Bertz CT molecular complexity index is 473. The lowest BCUT2D eigenvalue weighted by Crippen LogP contribution is -2.26.